The van der Waals surface area contributed by atoms with Gasteiger partial charge in [-0.1, -0.05) is 59.9 Å². The van der Waals surface area contributed by atoms with Crippen molar-refractivity contribution < 1.29 is 0 Å². The maximum atomic E-state index is 4.44. The summed E-state index contributed by atoms with van der Waals surface area (Å²) in [5.41, 5.74) is 5.09. The molecule has 0 unspecified atom stereocenters. The molecule has 3 rings (SSSR count). The van der Waals surface area contributed by atoms with Gasteiger partial charge in [0.1, 0.15) is 0 Å². The third-order valence-electron chi connectivity index (χ3n) is 2.70. The zero-order chi connectivity index (χ0) is 13.6. The number of benzene rings is 2. The van der Waals surface area contributed by atoms with Gasteiger partial charge >= 0.3 is 0 Å². The topological polar surface area (TPSA) is 37.3 Å². The minimum atomic E-state index is 0.801. The fourth-order valence-corrected chi connectivity index (χ4v) is 2.59. The van der Waals surface area contributed by atoms with Gasteiger partial charge < -0.3 is 0 Å². The van der Waals surface area contributed by atoms with Gasteiger partial charge in [-0.25, -0.2) is 4.98 Å². The maximum absolute atomic E-state index is 4.44. The van der Waals surface area contributed by atoms with Gasteiger partial charge in [-0.2, -0.15) is 5.10 Å². The van der Waals surface area contributed by atoms with Crippen LogP contribution in [0.4, 0.5) is 5.13 Å². The van der Waals surface area contributed by atoms with Crippen molar-refractivity contribution in [1.29, 1.82) is 0 Å². The first-order valence-corrected chi connectivity index (χ1v) is 7.10. The molecular formula is C16H13N3S. The van der Waals surface area contributed by atoms with E-state index in [1.54, 1.807) is 17.6 Å². The Morgan fingerprint density at radius 2 is 1.80 bits per heavy atom. The van der Waals surface area contributed by atoms with E-state index in [-0.39, 0.29) is 0 Å². The third kappa shape index (κ3) is 3.10. The Morgan fingerprint density at radius 3 is 2.65 bits per heavy atom. The Labute approximate surface area is 121 Å². The van der Waals surface area contributed by atoms with Crippen molar-refractivity contribution in [3.05, 3.63) is 66.2 Å². The van der Waals surface area contributed by atoms with Gasteiger partial charge in [0.2, 0.25) is 5.13 Å². The number of hydrogen-bond acceptors (Lipinski definition) is 4. The normalized spacial score (nSPS) is 11.6. The smallest absolute Gasteiger partial charge is 0.204 e. The number of para-hydroxylation sites is 1. The van der Waals surface area contributed by atoms with E-state index in [4.69, 9.17) is 0 Å². The fraction of sp³-hybridized carbons (Fsp3) is 0. The highest BCUT2D eigenvalue weighted by molar-refractivity contribution is 7.22. The molecule has 3 nitrogen and oxygen atoms in total. The van der Waals surface area contributed by atoms with Crippen molar-refractivity contribution in [1.82, 2.24) is 4.98 Å². The monoisotopic (exact) mass is 279 g/mol. The number of nitrogens with one attached hydrogen (secondary N) is 1. The lowest BCUT2D eigenvalue weighted by Crippen LogP contribution is -1.86. The Balaban J connectivity index is 1.61. The first-order chi connectivity index (χ1) is 9.92. The Hall–Kier alpha value is -2.46. The van der Waals surface area contributed by atoms with Crippen LogP contribution in [0.25, 0.3) is 16.3 Å². The number of hydrazone groups is 1. The van der Waals surface area contributed by atoms with Crippen LogP contribution < -0.4 is 5.43 Å². The molecule has 0 atom stereocenters. The first-order valence-electron chi connectivity index (χ1n) is 6.28. The molecule has 0 aliphatic carbocycles. The number of nitrogens with zero attached hydrogens (tertiary/aromatic N) is 2. The molecule has 1 N–H and O–H groups in total. The van der Waals surface area contributed by atoms with Gasteiger partial charge in [0.05, 0.1) is 10.2 Å². The van der Waals surface area contributed by atoms with Gasteiger partial charge in [-0.3, -0.25) is 5.43 Å². The molecule has 1 heterocycles. The summed E-state index contributed by atoms with van der Waals surface area (Å²) in [4.78, 5) is 4.44. The molecule has 0 bridgehead atoms. The van der Waals surface area contributed by atoms with E-state index < -0.39 is 0 Å². The summed E-state index contributed by atoms with van der Waals surface area (Å²) in [5, 5.41) is 4.94. The number of anilines is 1. The summed E-state index contributed by atoms with van der Waals surface area (Å²) in [6.45, 7) is 0. The predicted molar refractivity (Wildman–Crippen MR) is 87.2 cm³/mol. The predicted octanol–water partition coefficient (Wildman–Crippen LogP) is 4.41. The highest BCUT2D eigenvalue weighted by atomic mass is 32.1. The molecule has 98 valence electrons. The Kier molecular flexibility index (Phi) is 3.85. The van der Waals surface area contributed by atoms with Crippen molar-refractivity contribution >= 4 is 39.0 Å². The number of aromatic nitrogens is 1. The largest absolute Gasteiger partial charge is 0.253 e. The van der Waals surface area contributed by atoms with E-state index in [9.17, 15) is 0 Å². The molecule has 0 aliphatic rings. The maximum Gasteiger partial charge on any atom is 0.204 e. The molecule has 0 radical (unpaired) electrons. The van der Waals surface area contributed by atoms with E-state index >= 15 is 0 Å². The molecule has 20 heavy (non-hydrogen) atoms. The zero-order valence-electron chi connectivity index (χ0n) is 10.7. The molecular weight excluding hydrogens is 266 g/mol. The average Bonchev–Trinajstić information content (AvgIpc) is 2.90. The van der Waals surface area contributed by atoms with Crippen LogP contribution >= 0.6 is 11.3 Å². The lowest BCUT2D eigenvalue weighted by molar-refractivity contribution is 1.31. The number of hydrogen-bond donors (Lipinski definition) is 1. The van der Waals surface area contributed by atoms with Crippen LogP contribution in [-0.2, 0) is 0 Å². The van der Waals surface area contributed by atoms with Crippen LogP contribution in [0.2, 0.25) is 0 Å². The molecule has 3 aromatic rings. The van der Waals surface area contributed by atoms with Gasteiger partial charge in [0, 0.05) is 6.21 Å². The summed E-state index contributed by atoms with van der Waals surface area (Å²) in [5.74, 6) is 0. The third-order valence-corrected chi connectivity index (χ3v) is 3.64. The van der Waals surface area contributed by atoms with Gasteiger partial charge in [-0.15, -0.1) is 0 Å². The molecule has 0 aliphatic heterocycles. The SMILES string of the molecule is C(=C\c1ccccc1)/C=N/Nc1nc2ccccc2s1. The highest BCUT2D eigenvalue weighted by Gasteiger charge is 2.00. The van der Waals surface area contributed by atoms with Crippen molar-refractivity contribution in [3.8, 4) is 0 Å². The highest BCUT2D eigenvalue weighted by Crippen LogP contribution is 2.25. The second kappa shape index (κ2) is 6.12. The second-order valence-electron chi connectivity index (χ2n) is 4.15. The lowest BCUT2D eigenvalue weighted by Gasteiger charge is -1.90. The number of thiazole rings is 1. The van der Waals surface area contributed by atoms with E-state index in [2.05, 4.69) is 21.6 Å². The molecule has 4 heteroatoms. The van der Waals surface area contributed by atoms with Crippen LogP contribution in [0.15, 0.2) is 65.8 Å². The summed E-state index contributed by atoms with van der Waals surface area (Å²) < 4.78 is 1.16. The number of allylic oxidation sites excluding steroid dienone is 1. The van der Waals surface area contributed by atoms with Crippen molar-refractivity contribution in [3.63, 3.8) is 0 Å². The van der Waals surface area contributed by atoms with E-state index in [1.165, 1.54) is 0 Å². The fourth-order valence-electron chi connectivity index (χ4n) is 1.77. The van der Waals surface area contributed by atoms with Gasteiger partial charge in [0.25, 0.3) is 0 Å². The minimum absolute atomic E-state index is 0.801. The van der Waals surface area contributed by atoms with Crippen molar-refractivity contribution in [2.45, 2.75) is 0 Å². The molecule has 0 saturated heterocycles. The van der Waals surface area contributed by atoms with Crippen LogP contribution in [0.1, 0.15) is 5.56 Å². The van der Waals surface area contributed by atoms with E-state index in [1.807, 2.05) is 60.7 Å². The van der Waals surface area contributed by atoms with Crippen LogP contribution in [-0.4, -0.2) is 11.2 Å². The molecule has 0 fully saturated rings. The average molecular weight is 279 g/mol. The Bertz CT molecular complexity index is 712. The summed E-state index contributed by atoms with van der Waals surface area (Å²) in [7, 11) is 0. The number of fused-ring (bicyclic) bond motifs is 1. The standard InChI is InChI=1S/C16H13N3S/c1-2-7-13(8-3-1)9-6-12-17-19-16-18-14-10-4-5-11-15(14)20-16/h1-12H,(H,18,19)/b9-6+,17-12+. The number of rotatable bonds is 4. The molecule has 0 amide bonds. The van der Waals surface area contributed by atoms with Gasteiger partial charge in [-0.05, 0) is 23.8 Å². The molecule has 1 aromatic heterocycles. The second-order valence-corrected chi connectivity index (χ2v) is 5.18. The van der Waals surface area contributed by atoms with Crippen LogP contribution in [0.3, 0.4) is 0 Å². The quantitative estimate of drug-likeness (QED) is 0.567. The molecule has 0 saturated carbocycles. The lowest BCUT2D eigenvalue weighted by atomic mass is 10.2. The first kappa shape index (κ1) is 12.6. The van der Waals surface area contributed by atoms with Crippen molar-refractivity contribution in [2.24, 2.45) is 5.10 Å². The van der Waals surface area contributed by atoms with Gasteiger partial charge in [0.15, 0.2) is 0 Å². The van der Waals surface area contributed by atoms with E-state index in [0.717, 1.165) is 20.9 Å². The van der Waals surface area contributed by atoms with Crippen LogP contribution in [0, 0.1) is 0 Å². The zero-order valence-corrected chi connectivity index (χ0v) is 11.5. The minimum Gasteiger partial charge on any atom is -0.253 e. The van der Waals surface area contributed by atoms with Crippen molar-refractivity contribution in [2.75, 3.05) is 5.43 Å². The Morgan fingerprint density at radius 1 is 1.00 bits per heavy atom. The molecule has 2 aromatic carbocycles. The molecule has 0 spiro atoms. The summed E-state index contributed by atoms with van der Waals surface area (Å²) in [6, 6.07) is 18.2. The summed E-state index contributed by atoms with van der Waals surface area (Å²) in [6.07, 6.45) is 5.62. The van der Waals surface area contributed by atoms with Crippen LogP contribution in [0.5, 0.6) is 0 Å². The summed E-state index contributed by atoms with van der Waals surface area (Å²) >= 11 is 1.59. The van der Waals surface area contributed by atoms with E-state index in [0.29, 0.717) is 0 Å².